The first-order valence-corrected chi connectivity index (χ1v) is 6.63. The smallest absolute Gasteiger partial charge is 0.183 e. The standard InChI is InChI=1S/C12H14FN3O2S/c1-17-6-7-18-11-9(13)4-3-5-10(11)16-12(19-2)15-8-14/h3-5H,6-7H2,1-2H3,(H,15,16). The molecule has 1 N–H and O–H groups in total. The van der Waals surface area contributed by atoms with E-state index in [0.29, 0.717) is 17.5 Å². The van der Waals surface area contributed by atoms with Crippen LogP contribution in [0.15, 0.2) is 23.2 Å². The second-order valence-electron chi connectivity index (χ2n) is 3.29. The van der Waals surface area contributed by atoms with E-state index in [1.54, 1.807) is 18.5 Å². The van der Waals surface area contributed by atoms with Gasteiger partial charge in [-0.1, -0.05) is 17.8 Å². The van der Waals surface area contributed by atoms with Crippen LogP contribution < -0.4 is 10.1 Å². The first kappa shape index (κ1) is 15.3. The molecule has 0 radical (unpaired) electrons. The minimum Gasteiger partial charge on any atom is -0.486 e. The highest BCUT2D eigenvalue weighted by atomic mass is 32.2. The van der Waals surface area contributed by atoms with Gasteiger partial charge in [-0.25, -0.2) is 9.38 Å². The van der Waals surface area contributed by atoms with E-state index < -0.39 is 5.82 Å². The summed E-state index contributed by atoms with van der Waals surface area (Å²) in [6.07, 6.45) is 3.53. The highest BCUT2D eigenvalue weighted by molar-refractivity contribution is 8.13. The molecule has 0 aliphatic carbocycles. The Morgan fingerprint density at radius 1 is 1.53 bits per heavy atom. The van der Waals surface area contributed by atoms with Crippen molar-refractivity contribution in [2.45, 2.75) is 0 Å². The fourth-order valence-electron chi connectivity index (χ4n) is 1.24. The third-order valence-electron chi connectivity index (χ3n) is 2.06. The van der Waals surface area contributed by atoms with E-state index in [-0.39, 0.29) is 12.4 Å². The van der Waals surface area contributed by atoms with E-state index in [0.717, 1.165) is 0 Å². The van der Waals surface area contributed by atoms with Gasteiger partial charge in [0, 0.05) is 7.11 Å². The molecule has 1 aromatic carbocycles. The lowest BCUT2D eigenvalue weighted by atomic mass is 10.3. The molecule has 0 heterocycles. The molecule has 0 saturated carbocycles. The molecule has 102 valence electrons. The highest BCUT2D eigenvalue weighted by Gasteiger charge is 2.10. The van der Waals surface area contributed by atoms with Crippen molar-refractivity contribution in [1.82, 2.24) is 5.32 Å². The summed E-state index contributed by atoms with van der Waals surface area (Å²) in [4.78, 5) is 4.15. The van der Waals surface area contributed by atoms with Crippen LogP contribution in [0.3, 0.4) is 0 Å². The number of amidine groups is 1. The summed E-state index contributed by atoms with van der Waals surface area (Å²) in [5, 5.41) is 11.3. The molecule has 0 atom stereocenters. The summed E-state index contributed by atoms with van der Waals surface area (Å²) in [6, 6.07) is 4.43. The molecule has 0 aromatic heterocycles. The van der Waals surface area contributed by atoms with Gasteiger partial charge in [0.15, 0.2) is 22.9 Å². The number of thioether (sulfide) groups is 1. The van der Waals surface area contributed by atoms with Crippen LogP contribution in [-0.4, -0.2) is 31.7 Å². The Kier molecular flexibility index (Phi) is 6.71. The highest BCUT2D eigenvalue weighted by Crippen LogP contribution is 2.31. The van der Waals surface area contributed by atoms with Crippen molar-refractivity contribution in [3.8, 4) is 11.9 Å². The van der Waals surface area contributed by atoms with Gasteiger partial charge in [0.05, 0.1) is 6.61 Å². The van der Waals surface area contributed by atoms with E-state index >= 15 is 0 Å². The fourth-order valence-corrected chi connectivity index (χ4v) is 1.57. The summed E-state index contributed by atoms with van der Waals surface area (Å²) < 4.78 is 23.8. The van der Waals surface area contributed by atoms with Crippen LogP contribution in [0.5, 0.6) is 5.75 Å². The fraction of sp³-hybridized carbons (Fsp3) is 0.333. The summed E-state index contributed by atoms with van der Waals surface area (Å²) in [6.45, 7) is 0.573. The summed E-state index contributed by atoms with van der Waals surface area (Å²) >= 11 is 1.25. The van der Waals surface area contributed by atoms with Gasteiger partial charge in [-0.15, -0.1) is 0 Å². The maximum atomic E-state index is 13.7. The van der Waals surface area contributed by atoms with E-state index in [2.05, 4.69) is 10.3 Å². The number of hydrogen-bond donors (Lipinski definition) is 1. The quantitative estimate of drug-likeness (QED) is 0.295. The summed E-state index contributed by atoms with van der Waals surface area (Å²) in [7, 11) is 1.53. The van der Waals surface area contributed by atoms with E-state index in [9.17, 15) is 4.39 Å². The number of aliphatic imine (C=N–C) groups is 1. The Labute approximate surface area is 115 Å². The Morgan fingerprint density at radius 3 is 2.95 bits per heavy atom. The predicted octanol–water partition coefficient (Wildman–Crippen LogP) is 2.27. The molecular weight excluding hydrogens is 269 g/mol. The molecule has 1 aromatic rings. The number of para-hydroxylation sites is 1. The lowest BCUT2D eigenvalue weighted by Gasteiger charge is -2.10. The molecule has 0 unspecified atom stereocenters. The molecule has 19 heavy (non-hydrogen) atoms. The van der Waals surface area contributed by atoms with Crippen LogP contribution in [0, 0.1) is 17.3 Å². The molecule has 1 rings (SSSR count). The monoisotopic (exact) mass is 283 g/mol. The minimum absolute atomic E-state index is 0.0471. The van der Waals surface area contributed by atoms with Gasteiger partial charge in [-0.3, -0.25) is 5.32 Å². The summed E-state index contributed by atoms with van der Waals surface area (Å²) in [5.41, 5.74) is 0.322. The van der Waals surface area contributed by atoms with Crippen LogP contribution in [-0.2, 0) is 4.74 Å². The third kappa shape index (κ3) is 4.77. The Balaban J connectivity index is 2.99. The van der Waals surface area contributed by atoms with Crippen LogP contribution in [0.25, 0.3) is 0 Å². The second kappa shape index (κ2) is 8.34. The van der Waals surface area contributed by atoms with Gasteiger partial charge < -0.3 is 9.47 Å². The number of nitrogens with one attached hydrogen (secondary N) is 1. The Hall–Kier alpha value is -1.78. The van der Waals surface area contributed by atoms with Gasteiger partial charge in [0.2, 0.25) is 0 Å². The van der Waals surface area contributed by atoms with Crippen LogP contribution in [0.4, 0.5) is 10.1 Å². The molecule has 0 saturated heterocycles. The van der Waals surface area contributed by atoms with Crippen LogP contribution in [0.2, 0.25) is 0 Å². The van der Waals surface area contributed by atoms with Crippen molar-refractivity contribution in [3.05, 3.63) is 24.0 Å². The number of ether oxygens (including phenoxy) is 2. The van der Waals surface area contributed by atoms with E-state index in [1.807, 2.05) is 0 Å². The lowest BCUT2D eigenvalue weighted by Crippen LogP contribution is -2.12. The van der Waals surface area contributed by atoms with Crippen molar-refractivity contribution in [2.75, 3.05) is 26.6 Å². The molecular formula is C12H14FN3O2S. The maximum absolute atomic E-state index is 13.7. The predicted molar refractivity (Wildman–Crippen MR) is 73.1 cm³/mol. The molecule has 0 amide bonds. The zero-order valence-electron chi connectivity index (χ0n) is 10.6. The number of benzene rings is 1. The van der Waals surface area contributed by atoms with Crippen molar-refractivity contribution < 1.29 is 13.9 Å². The normalized spacial score (nSPS) is 10.9. The zero-order chi connectivity index (χ0) is 14.1. The number of rotatable bonds is 5. The topological polar surface area (TPSA) is 66.6 Å². The van der Waals surface area contributed by atoms with Gasteiger partial charge in [-0.05, 0) is 18.4 Å². The maximum Gasteiger partial charge on any atom is 0.183 e. The first-order valence-electron chi connectivity index (χ1n) is 5.41. The van der Waals surface area contributed by atoms with Crippen LogP contribution in [0.1, 0.15) is 0 Å². The molecule has 0 bridgehead atoms. The van der Waals surface area contributed by atoms with Crippen molar-refractivity contribution >= 4 is 22.6 Å². The second-order valence-corrected chi connectivity index (χ2v) is 4.08. The Morgan fingerprint density at radius 2 is 2.32 bits per heavy atom. The van der Waals surface area contributed by atoms with Gasteiger partial charge in [-0.2, -0.15) is 5.26 Å². The van der Waals surface area contributed by atoms with Gasteiger partial charge in [0.1, 0.15) is 12.3 Å². The first-order chi connectivity index (χ1) is 9.22. The average Bonchev–Trinajstić information content (AvgIpc) is 2.41. The summed E-state index contributed by atoms with van der Waals surface area (Å²) in [5.74, 6) is -0.458. The molecule has 0 aliphatic rings. The van der Waals surface area contributed by atoms with Crippen molar-refractivity contribution in [2.24, 2.45) is 4.99 Å². The molecule has 7 heteroatoms. The minimum atomic E-state index is -0.505. The van der Waals surface area contributed by atoms with Crippen molar-refractivity contribution in [1.29, 1.82) is 5.26 Å². The molecule has 0 fully saturated rings. The third-order valence-corrected chi connectivity index (χ3v) is 2.64. The zero-order valence-corrected chi connectivity index (χ0v) is 11.5. The SMILES string of the molecule is COCCOc1c(F)cccc1N=C(NC#N)SC. The number of methoxy groups -OCH3 is 1. The number of nitrogens with zero attached hydrogens (tertiary/aromatic N) is 2. The molecule has 0 spiro atoms. The number of halogens is 1. The van der Waals surface area contributed by atoms with E-state index in [1.165, 1.54) is 31.0 Å². The van der Waals surface area contributed by atoms with Crippen LogP contribution >= 0.6 is 11.8 Å². The largest absolute Gasteiger partial charge is 0.486 e. The average molecular weight is 283 g/mol. The van der Waals surface area contributed by atoms with Gasteiger partial charge >= 0.3 is 0 Å². The lowest BCUT2D eigenvalue weighted by molar-refractivity contribution is 0.144. The molecule has 0 aliphatic heterocycles. The molecule has 5 nitrogen and oxygen atoms in total. The number of hydrogen-bond acceptors (Lipinski definition) is 5. The Bertz CT molecular complexity index is 488. The van der Waals surface area contributed by atoms with E-state index in [4.69, 9.17) is 14.7 Å². The number of nitriles is 1. The van der Waals surface area contributed by atoms with Gasteiger partial charge in [0.25, 0.3) is 0 Å². The van der Waals surface area contributed by atoms with Crippen molar-refractivity contribution in [3.63, 3.8) is 0 Å².